The lowest BCUT2D eigenvalue weighted by Gasteiger charge is -2.32. The summed E-state index contributed by atoms with van der Waals surface area (Å²) in [6.07, 6.45) is 2.51. The zero-order chi connectivity index (χ0) is 18.9. The first-order chi connectivity index (χ1) is 13.1. The van der Waals surface area contributed by atoms with Crippen LogP contribution in [0.15, 0.2) is 52.9 Å². The van der Waals surface area contributed by atoms with Gasteiger partial charge in [-0.1, -0.05) is 30.7 Å². The first kappa shape index (κ1) is 18.0. The van der Waals surface area contributed by atoms with E-state index in [0.29, 0.717) is 35.8 Å². The van der Waals surface area contributed by atoms with E-state index < -0.39 is 10.0 Å². The number of fused-ring (bicyclic) bond motifs is 1. The van der Waals surface area contributed by atoms with Crippen molar-refractivity contribution in [3.8, 4) is 5.75 Å². The van der Waals surface area contributed by atoms with E-state index in [9.17, 15) is 8.42 Å². The molecule has 0 radical (unpaired) electrons. The molecule has 0 unspecified atom stereocenters. The maximum atomic E-state index is 13.2. The highest BCUT2D eigenvalue weighted by Crippen LogP contribution is 2.35. The lowest BCUT2D eigenvalue weighted by molar-refractivity contribution is 0.222. The standard InChI is InChI=1S/C20H22N2O4S/c1-25-16-8-6-7-15(13-16)14-27(23,24)22-12-5-4-10-18(22)20-21-17-9-2-3-11-19(17)26-20/h2-3,6-9,11,13,18H,4-5,10,12,14H2,1H3/t18-/m1/s1. The first-order valence-electron chi connectivity index (χ1n) is 9.05. The molecule has 1 saturated heterocycles. The Kier molecular flexibility index (Phi) is 4.88. The third kappa shape index (κ3) is 3.70. The van der Waals surface area contributed by atoms with Gasteiger partial charge in [-0.25, -0.2) is 13.4 Å². The van der Waals surface area contributed by atoms with Crippen molar-refractivity contribution in [3.63, 3.8) is 0 Å². The lowest BCUT2D eigenvalue weighted by Crippen LogP contribution is -2.39. The van der Waals surface area contributed by atoms with Gasteiger partial charge in [0.15, 0.2) is 5.58 Å². The number of nitrogens with zero attached hydrogens (tertiary/aromatic N) is 2. The van der Waals surface area contributed by atoms with Crippen molar-refractivity contribution in [2.24, 2.45) is 0 Å². The van der Waals surface area contributed by atoms with Gasteiger partial charge in [0.05, 0.1) is 12.9 Å². The van der Waals surface area contributed by atoms with Gasteiger partial charge in [0, 0.05) is 6.54 Å². The van der Waals surface area contributed by atoms with Crippen LogP contribution in [0.4, 0.5) is 0 Å². The van der Waals surface area contributed by atoms with Crippen LogP contribution in [0.1, 0.15) is 36.8 Å². The van der Waals surface area contributed by atoms with Crippen molar-refractivity contribution >= 4 is 21.1 Å². The van der Waals surface area contributed by atoms with Gasteiger partial charge < -0.3 is 9.15 Å². The van der Waals surface area contributed by atoms with Gasteiger partial charge in [-0.05, 0) is 42.7 Å². The fraction of sp³-hybridized carbons (Fsp3) is 0.350. The van der Waals surface area contributed by atoms with Crippen molar-refractivity contribution < 1.29 is 17.6 Å². The maximum Gasteiger partial charge on any atom is 0.219 e. The molecule has 1 aliphatic heterocycles. The Hall–Kier alpha value is -2.38. The Morgan fingerprint density at radius 2 is 2.04 bits per heavy atom. The van der Waals surface area contributed by atoms with E-state index in [1.807, 2.05) is 24.3 Å². The van der Waals surface area contributed by atoms with E-state index in [-0.39, 0.29) is 11.8 Å². The molecular formula is C20H22N2O4S. The summed E-state index contributed by atoms with van der Waals surface area (Å²) in [5.74, 6) is 1.06. The van der Waals surface area contributed by atoms with Crippen LogP contribution in [-0.4, -0.2) is 31.4 Å². The van der Waals surface area contributed by atoms with Gasteiger partial charge in [-0.3, -0.25) is 0 Å². The number of piperidine rings is 1. The molecule has 7 heteroatoms. The van der Waals surface area contributed by atoms with Crippen molar-refractivity contribution in [2.45, 2.75) is 31.1 Å². The highest BCUT2D eigenvalue weighted by Gasteiger charge is 2.36. The zero-order valence-electron chi connectivity index (χ0n) is 15.2. The predicted octanol–water partition coefficient (Wildman–Crippen LogP) is 3.89. The summed E-state index contributed by atoms with van der Waals surface area (Å²) in [6.45, 7) is 0.482. The molecule has 142 valence electrons. The molecule has 2 heterocycles. The second kappa shape index (κ2) is 7.32. The third-order valence-corrected chi connectivity index (χ3v) is 6.74. The monoisotopic (exact) mass is 386 g/mol. The molecule has 1 aliphatic rings. The molecule has 0 bridgehead atoms. The van der Waals surface area contributed by atoms with E-state index in [2.05, 4.69) is 4.98 Å². The smallest absolute Gasteiger partial charge is 0.219 e. The minimum Gasteiger partial charge on any atom is -0.497 e. The van der Waals surface area contributed by atoms with Crippen LogP contribution in [0.5, 0.6) is 5.75 Å². The fourth-order valence-corrected chi connectivity index (χ4v) is 5.33. The number of para-hydroxylation sites is 2. The molecule has 1 fully saturated rings. The molecule has 3 aromatic rings. The van der Waals surface area contributed by atoms with E-state index in [4.69, 9.17) is 9.15 Å². The Morgan fingerprint density at radius 3 is 2.85 bits per heavy atom. The van der Waals surface area contributed by atoms with Crippen LogP contribution in [0.3, 0.4) is 0 Å². The molecule has 0 amide bonds. The Morgan fingerprint density at radius 1 is 1.19 bits per heavy atom. The van der Waals surface area contributed by atoms with Crippen LogP contribution in [-0.2, 0) is 15.8 Å². The number of sulfonamides is 1. The van der Waals surface area contributed by atoms with Crippen LogP contribution in [0.2, 0.25) is 0 Å². The largest absolute Gasteiger partial charge is 0.497 e. The maximum absolute atomic E-state index is 13.2. The molecule has 2 aromatic carbocycles. The number of rotatable bonds is 5. The van der Waals surface area contributed by atoms with Gasteiger partial charge in [0.2, 0.25) is 15.9 Å². The second-order valence-corrected chi connectivity index (χ2v) is 8.67. The SMILES string of the molecule is COc1cccc(CS(=O)(=O)N2CCCC[C@@H]2c2nc3ccccc3o2)c1. The Bertz CT molecular complexity index is 1010. The van der Waals surface area contributed by atoms with Gasteiger partial charge in [0.1, 0.15) is 17.3 Å². The molecule has 0 aliphatic carbocycles. The quantitative estimate of drug-likeness (QED) is 0.665. The number of ether oxygens (including phenoxy) is 1. The Balaban J connectivity index is 1.64. The summed E-state index contributed by atoms with van der Waals surface area (Å²) in [5.41, 5.74) is 2.14. The lowest BCUT2D eigenvalue weighted by atomic mass is 10.1. The molecule has 27 heavy (non-hydrogen) atoms. The van der Waals surface area contributed by atoms with Crippen LogP contribution < -0.4 is 4.74 Å². The van der Waals surface area contributed by atoms with Crippen molar-refractivity contribution in [2.75, 3.05) is 13.7 Å². The van der Waals surface area contributed by atoms with Gasteiger partial charge >= 0.3 is 0 Å². The van der Waals surface area contributed by atoms with Crippen molar-refractivity contribution in [1.29, 1.82) is 0 Å². The predicted molar refractivity (Wildman–Crippen MR) is 103 cm³/mol. The number of methoxy groups -OCH3 is 1. The summed E-state index contributed by atoms with van der Waals surface area (Å²) in [7, 11) is -1.95. The van der Waals surface area contributed by atoms with E-state index in [1.54, 1.807) is 35.7 Å². The van der Waals surface area contributed by atoms with Gasteiger partial charge in [-0.15, -0.1) is 0 Å². The van der Waals surface area contributed by atoms with Crippen molar-refractivity contribution in [3.05, 3.63) is 60.0 Å². The average Bonchev–Trinajstić information content (AvgIpc) is 3.12. The van der Waals surface area contributed by atoms with E-state index >= 15 is 0 Å². The number of hydrogen-bond donors (Lipinski definition) is 0. The Labute approximate surface area is 158 Å². The highest BCUT2D eigenvalue weighted by molar-refractivity contribution is 7.88. The average molecular weight is 386 g/mol. The summed E-state index contributed by atoms with van der Waals surface area (Å²) in [4.78, 5) is 4.54. The van der Waals surface area contributed by atoms with Crippen molar-refractivity contribution in [1.82, 2.24) is 9.29 Å². The molecular weight excluding hydrogens is 364 g/mol. The first-order valence-corrected chi connectivity index (χ1v) is 10.7. The number of oxazole rings is 1. The molecule has 0 N–H and O–H groups in total. The molecule has 0 spiro atoms. The minimum atomic E-state index is -3.52. The number of hydrogen-bond acceptors (Lipinski definition) is 5. The summed E-state index contributed by atoms with van der Waals surface area (Å²) in [5, 5.41) is 0. The van der Waals surface area contributed by atoms with Crippen LogP contribution >= 0.6 is 0 Å². The molecule has 0 saturated carbocycles. The molecule has 4 rings (SSSR count). The van der Waals surface area contributed by atoms with Gasteiger partial charge in [-0.2, -0.15) is 4.31 Å². The molecule has 1 atom stereocenters. The third-order valence-electron chi connectivity index (χ3n) is 4.89. The highest BCUT2D eigenvalue weighted by atomic mass is 32.2. The summed E-state index contributed by atoms with van der Waals surface area (Å²) < 4.78 is 39.0. The fourth-order valence-electron chi connectivity index (χ4n) is 3.57. The topological polar surface area (TPSA) is 72.6 Å². The normalized spacial score (nSPS) is 18.6. The van der Waals surface area contributed by atoms with E-state index in [1.165, 1.54) is 0 Å². The van der Waals surface area contributed by atoms with Gasteiger partial charge in [0.25, 0.3) is 0 Å². The molecule has 1 aromatic heterocycles. The second-order valence-electron chi connectivity index (χ2n) is 6.75. The minimum absolute atomic E-state index is 0.0685. The molecule has 6 nitrogen and oxygen atoms in total. The number of benzene rings is 2. The van der Waals surface area contributed by atoms with Crippen LogP contribution in [0.25, 0.3) is 11.1 Å². The summed E-state index contributed by atoms with van der Waals surface area (Å²) in [6, 6.07) is 14.3. The van der Waals surface area contributed by atoms with Crippen LogP contribution in [0, 0.1) is 0 Å². The summed E-state index contributed by atoms with van der Waals surface area (Å²) >= 11 is 0. The number of aromatic nitrogens is 1. The van der Waals surface area contributed by atoms with E-state index in [0.717, 1.165) is 18.4 Å². The zero-order valence-corrected chi connectivity index (χ0v) is 16.0.